The second-order valence-corrected chi connectivity index (χ2v) is 5.45. The van der Waals surface area contributed by atoms with Gasteiger partial charge in [0.05, 0.1) is 0 Å². The Kier molecular flexibility index (Phi) is 4.74. The summed E-state index contributed by atoms with van der Waals surface area (Å²) in [5, 5.41) is 5.71. The van der Waals surface area contributed by atoms with Crippen LogP contribution in [0.1, 0.15) is 28.8 Å². The van der Waals surface area contributed by atoms with Gasteiger partial charge in [-0.15, -0.1) is 0 Å². The molecule has 1 saturated heterocycles. The van der Waals surface area contributed by atoms with Crippen molar-refractivity contribution in [2.75, 3.05) is 20.6 Å². The molecule has 108 valence electrons. The lowest BCUT2D eigenvalue weighted by Crippen LogP contribution is -2.47. The smallest absolute Gasteiger partial charge is 0.251 e. The third-order valence-corrected chi connectivity index (χ3v) is 3.32. The van der Waals surface area contributed by atoms with E-state index in [-0.39, 0.29) is 17.9 Å². The average Bonchev–Trinajstić information content (AvgIpc) is 2.41. The highest BCUT2D eigenvalue weighted by molar-refractivity contribution is 5.94. The molecule has 2 N–H and O–H groups in total. The Balaban J connectivity index is 1.90. The third kappa shape index (κ3) is 4.06. The van der Waals surface area contributed by atoms with Crippen molar-refractivity contribution in [1.82, 2.24) is 15.5 Å². The highest BCUT2D eigenvalue weighted by atomic mass is 16.2. The Morgan fingerprint density at radius 2 is 2.05 bits per heavy atom. The first-order valence-electron chi connectivity index (χ1n) is 6.86. The molecular weight excluding hydrogens is 254 g/mol. The van der Waals surface area contributed by atoms with Crippen LogP contribution in [0, 0.1) is 0 Å². The first-order chi connectivity index (χ1) is 9.54. The van der Waals surface area contributed by atoms with Crippen molar-refractivity contribution in [1.29, 1.82) is 0 Å². The summed E-state index contributed by atoms with van der Waals surface area (Å²) in [6, 6.07) is 7.65. The molecule has 5 heteroatoms. The van der Waals surface area contributed by atoms with Gasteiger partial charge < -0.3 is 15.5 Å². The molecule has 0 aromatic heterocycles. The predicted molar refractivity (Wildman–Crippen MR) is 77.3 cm³/mol. The van der Waals surface area contributed by atoms with Crippen LogP contribution in [0.15, 0.2) is 24.3 Å². The standard InChI is InChI=1S/C15H21N3O2/c1-18(2)10-11-3-5-12(6-4-11)15(20)17-13-7-8-14(19)16-9-13/h3-6,13H,7-10H2,1-2H3,(H,16,19)(H,17,20). The molecule has 1 heterocycles. The molecule has 1 fully saturated rings. The molecular formula is C15H21N3O2. The van der Waals surface area contributed by atoms with Crippen molar-refractivity contribution in [3.8, 4) is 0 Å². The maximum absolute atomic E-state index is 12.1. The van der Waals surface area contributed by atoms with Crippen LogP contribution >= 0.6 is 0 Å². The average molecular weight is 275 g/mol. The largest absolute Gasteiger partial charge is 0.354 e. The minimum Gasteiger partial charge on any atom is -0.354 e. The molecule has 5 nitrogen and oxygen atoms in total. The molecule has 0 aliphatic carbocycles. The highest BCUT2D eigenvalue weighted by Crippen LogP contribution is 2.08. The highest BCUT2D eigenvalue weighted by Gasteiger charge is 2.19. The van der Waals surface area contributed by atoms with Crippen LogP contribution < -0.4 is 10.6 Å². The van der Waals surface area contributed by atoms with Crippen molar-refractivity contribution in [3.63, 3.8) is 0 Å². The Bertz CT molecular complexity index is 472. The Labute approximate surface area is 119 Å². The van der Waals surface area contributed by atoms with Crippen molar-refractivity contribution >= 4 is 11.8 Å². The number of carbonyl (C=O) groups excluding carboxylic acids is 2. The van der Waals surface area contributed by atoms with Crippen molar-refractivity contribution in [2.24, 2.45) is 0 Å². The molecule has 0 saturated carbocycles. The zero-order valence-corrected chi connectivity index (χ0v) is 12.0. The molecule has 2 amide bonds. The molecule has 0 spiro atoms. The number of rotatable bonds is 4. The van der Waals surface area contributed by atoms with E-state index in [9.17, 15) is 9.59 Å². The molecule has 1 atom stereocenters. The van der Waals surface area contributed by atoms with Crippen molar-refractivity contribution in [2.45, 2.75) is 25.4 Å². The van der Waals surface area contributed by atoms with Crippen LogP contribution in [0.4, 0.5) is 0 Å². The van der Waals surface area contributed by atoms with Gasteiger partial charge in [0, 0.05) is 31.1 Å². The zero-order valence-electron chi connectivity index (χ0n) is 12.0. The summed E-state index contributed by atoms with van der Waals surface area (Å²) >= 11 is 0. The first-order valence-corrected chi connectivity index (χ1v) is 6.86. The fraction of sp³-hybridized carbons (Fsp3) is 0.467. The number of hydrogen-bond acceptors (Lipinski definition) is 3. The molecule has 1 unspecified atom stereocenters. The lowest BCUT2D eigenvalue weighted by atomic mass is 10.1. The maximum Gasteiger partial charge on any atom is 0.251 e. The number of nitrogens with zero attached hydrogens (tertiary/aromatic N) is 1. The Hall–Kier alpha value is -1.88. The fourth-order valence-corrected chi connectivity index (χ4v) is 2.25. The SMILES string of the molecule is CN(C)Cc1ccc(C(=O)NC2CCC(=O)NC2)cc1. The van der Waals surface area contributed by atoms with Crippen LogP contribution in [0.25, 0.3) is 0 Å². The molecule has 1 aromatic rings. The lowest BCUT2D eigenvalue weighted by Gasteiger charge is -2.23. The van der Waals surface area contributed by atoms with E-state index in [1.165, 1.54) is 5.56 Å². The maximum atomic E-state index is 12.1. The number of carbonyl (C=O) groups is 2. The van der Waals surface area contributed by atoms with E-state index < -0.39 is 0 Å². The fourth-order valence-electron chi connectivity index (χ4n) is 2.25. The van der Waals surface area contributed by atoms with Crippen LogP contribution in [-0.2, 0) is 11.3 Å². The summed E-state index contributed by atoms with van der Waals surface area (Å²) in [6.45, 7) is 1.37. The van der Waals surface area contributed by atoms with E-state index in [1.807, 2.05) is 38.4 Å². The predicted octanol–water partition coefficient (Wildman–Crippen LogP) is 0.757. The van der Waals surface area contributed by atoms with E-state index in [4.69, 9.17) is 0 Å². The van der Waals surface area contributed by atoms with E-state index >= 15 is 0 Å². The van der Waals surface area contributed by atoms with Gasteiger partial charge >= 0.3 is 0 Å². The molecule has 2 rings (SSSR count). The van der Waals surface area contributed by atoms with Crippen molar-refractivity contribution < 1.29 is 9.59 Å². The minimum absolute atomic E-state index is 0.0293. The monoisotopic (exact) mass is 275 g/mol. The summed E-state index contributed by atoms with van der Waals surface area (Å²) in [4.78, 5) is 25.2. The molecule has 1 aromatic carbocycles. The van der Waals surface area contributed by atoms with E-state index in [0.29, 0.717) is 24.9 Å². The van der Waals surface area contributed by atoms with E-state index in [0.717, 1.165) is 6.54 Å². The topological polar surface area (TPSA) is 61.4 Å². The van der Waals surface area contributed by atoms with Crippen LogP contribution in [-0.4, -0.2) is 43.4 Å². The molecule has 0 bridgehead atoms. The number of nitrogens with one attached hydrogen (secondary N) is 2. The van der Waals surface area contributed by atoms with Crippen molar-refractivity contribution in [3.05, 3.63) is 35.4 Å². The number of amides is 2. The summed E-state index contributed by atoms with van der Waals surface area (Å²) in [5.41, 5.74) is 1.83. The first kappa shape index (κ1) is 14.5. The Morgan fingerprint density at radius 3 is 2.60 bits per heavy atom. The number of benzene rings is 1. The molecule has 1 aliphatic rings. The van der Waals surface area contributed by atoms with Gasteiger partial charge in [0.2, 0.25) is 5.91 Å². The summed E-state index contributed by atoms with van der Waals surface area (Å²) in [7, 11) is 4.02. The molecule has 1 aliphatic heterocycles. The van der Waals surface area contributed by atoms with Crippen LogP contribution in [0.3, 0.4) is 0 Å². The molecule has 20 heavy (non-hydrogen) atoms. The summed E-state index contributed by atoms with van der Waals surface area (Å²) < 4.78 is 0. The van der Waals surface area contributed by atoms with Gasteiger partial charge in [-0.1, -0.05) is 12.1 Å². The van der Waals surface area contributed by atoms with Gasteiger partial charge in [0.25, 0.3) is 5.91 Å². The van der Waals surface area contributed by atoms with Gasteiger partial charge in [-0.25, -0.2) is 0 Å². The number of piperidine rings is 1. The zero-order chi connectivity index (χ0) is 14.5. The van der Waals surface area contributed by atoms with Crippen LogP contribution in [0.5, 0.6) is 0 Å². The van der Waals surface area contributed by atoms with Crippen LogP contribution in [0.2, 0.25) is 0 Å². The third-order valence-electron chi connectivity index (χ3n) is 3.32. The second kappa shape index (κ2) is 6.52. The van der Waals surface area contributed by atoms with E-state index in [2.05, 4.69) is 15.5 Å². The van der Waals surface area contributed by atoms with Gasteiger partial charge in [-0.05, 0) is 38.2 Å². The lowest BCUT2D eigenvalue weighted by molar-refractivity contribution is -0.122. The summed E-state index contributed by atoms with van der Waals surface area (Å²) in [5.74, 6) is -0.0221. The van der Waals surface area contributed by atoms with Gasteiger partial charge in [0.1, 0.15) is 0 Å². The van der Waals surface area contributed by atoms with Gasteiger partial charge in [0.15, 0.2) is 0 Å². The second-order valence-electron chi connectivity index (χ2n) is 5.45. The van der Waals surface area contributed by atoms with E-state index in [1.54, 1.807) is 0 Å². The quantitative estimate of drug-likeness (QED) is 0.852. The number of hydrogen-bond donors (Lipinski definition) is 2. The van der Waals surface area contributed by atoms with Gasteiger partial charge in [-0.3, -0.25) is 9.59 Å². The minimum atomic E-state index is -0.0810. The summed E-state index contributed by atoms with van der Waals surface area (Å²) in [6.07, 6.45) is 1.18. The molecule has 0 radical (unpaired) electrons. The van der Waals surface area contributed by atoms with Gasteiger partial charge in [-0.2, -0.15) is 0 Å². The Morgan fingerprint density at radius 1 is 1.35 bits per heavy atom. The normalized spacial score (nSPS) is 18.8.